The smallest absolute Gasteiger partial charge is 0.449 e. The van der Waals surface area contributed by atoms with Crippen LogP contribution < -0.4 is 5.90 Å². The van der Waals surface area contributed by atoms with Gasteiger partial charge in [-0.25, -0.2) is 5.90 Å². The predicted octanol–water partition coefficient (Wildman–Crippen LogP) is 2.42. The fraction of sp³-hybridized carbons (Fsp3) is 0.500. The Morgan fingerprint density at radius 3 is 2.07 bits per heavy atom. The quantitative estimate of drug-likeness (QED) is 0.761. The van der Waals surface area contributed by atoms with Gasteiger partial charge in [0.2, 0.25) is 5.76 Å². The van der Waals surface area contributed by atoms with Crippen molar-refractivity contribution in [3.8, 4) is 0 Å². The highest BCUT2D eigenvalue weighted by atomic mass is 19.4. The first-order chi connectivity index (χ1) is 6.27. The number of alkyl halides is 3. The van der Waals surface area contributed by atoms with Crippen molar-refractivity contribution in [2.45, 2.75) is 25.6 Å². The zero-order valence-corrected chi connectivity index (χ0v) is 7.68. The molecule has 0 unspecified atom stereocenters. The largest absolute Gasteiger partial charge is 0.453 e. The lowest BCUT2D eigenvalue weighted by Crippen LogP contribution is -2.24. The third-order valence-electron chi connectivity index (χ3n) is 1.77. The van der Waals surface area contributed by atoms with E-state index in [1.807, 2.05) is 0 Å². The summed E-state index contributed by atoms with van der Waals surface area (Å²) in [7, 11) is 0. The van der Waals surface area contributed by atoms with Gasteiger partial charge in [-0.3, -0.25) is 4.84 Å². The molecule has 1 heterocycles. The van der Waals surface area contributed by atoms with Gasteiger partial charge in [-0.15, -0.1) is 0 Å². The maximum Gasteiger partial charge on any atom is 0.449 e. The van der Waals surface area contributed by atoms with Crippen molar-refractivity contribution in [3.63, 3.8) is 0 Å². The first-order valence-electron chi connectivity index (χ1n) is 3.83. The molecule has 3 nitrogen and oxygen atoms in total. The maximum atomic E-state index is 12.1. The van der Waals surface area contributed by atoms with Gasteiger partial charge >= 0.3 is 6.18 Å². The Labute approximate surface area is 78.6 Å². The fourth-order valence-electron chi connectivity index (χ4n) is 0.872. The summed E-state index contributed by atoms with van der Waals surface area (Å²) in [5.74, 6) is 3.89. The van der Waals surface area contributed by atoms with Gasteiger partial charge in [0.05, 0.1) is 0 Å². The molecule has 0 aromatic carbocycles. The summed E-state index contributed by atoms with van der Waals surface area (Å²) in [4.78, 5) is 4.49. The van der Waals surface area contributed by atoms with E-state index in [-0.39, 0.29) is 5.76 Å². The first kappa shape index (κ1) is 11.1. The Bertz CT molecular complexity index is 317. The number of hydrogen-bond acceptors (Lipinski definition) is 3. The van der Waals surface area contributed by atoms with Crippen LogP contribution in [0.4, 0.5) is 13.2 Å². The van der Waals surface area contributed by atoms with Crippen LogP contribution in [0, 0.1) is 0 Å². The summed E-state index contributed by atoms with van der Waals surface area (Å²) in [6.45, 7) is 3.01. The molecule has 0 aliphatic carbocycles. The summed E-state index contributed by atoms with van der Waals surface area (Å²) in [5.41, 5.74) is -1.07. The molecule has 6 heteroatoms. The zero-order chi connectivity index (χ0) is 11.0. The van der Waals surface area contributed by atoms with E-state index >= 15 is 0 Å². The Kier molecular flexibility index (Phi) is 2.60. The van der Waals surface area contributed by atoms with Crippen LogP contribution in [0.15, 0.2) is 16.5 Å². The lowest BCUT2D eigenvalue weighted by molar-refractivity contribution is -0.155. The van der Waals surface area contributed by atoms with E-state index in [1.54, 1.807) is 0 Å². The number of rotatable bonds is 2. The molecule has 1 rings (SSSR count). The lowest BCUT2D eigenvalue weighted by Gasteiger charge is -2.18. The van der Waals surface area contributed by atoms with Crippen molar-refractivity contribution in [2.24, 2.45) is 5.90 Å². The van der Waals surface area contributed by atoms with E-state index in [1.165, 1.54) is 19.9 Å². The normalized spacial score (nSPS) is 13.3. The zero-order valence-electron chi connectivity index (χ0n) is 7.68. The molecule has 0 radical (unpaired) electrons. The molecule has 0 fully saturated rings. The number of nitrogens with two attached hydrogens (primary N) is 1. The summed E-state index contributed by atoms with van der Waals surface area (Å²) in [6.07, 6.45) is -4.48. The van der Waals surface area contributed by atoms with Crippen LogP contribution in [0.2, 0.25) is 0 Å². The fourth-order valence-corrected chi connectivity index (χ4v) is 0.872. The Hall–Kier alpha value is -1.01. The van der Waals surface area contributed by atoms with Crippen molar-refractivity contribution in [3.05, 3.63) is 23.7 Å². The molecule has 0 spiro atoms. The van der Waals surface area contributed by atoms with Crippen molar-refractivity contribution >= 4 is 0 Å². The molecule has 0 amide bonds. The second kappa shape index (κ2) is 3.29. The highest BCUT2D eigenvalue weighted by Gasteiger charge is 2.36. The Morgan fingerprint density at radius 2 is 1.71 bits per heavy atom. The van der Waals surface area contributed by atoms with Gasteiger partial charge in [0, 0.05) is 0 Å². The molecule has 2 N–H and O–H groups in total. The van der Waals surface area contributed by atoms with E-state index in [2.05, 4.69) is 9.25 Å². The molecular formula is C8H10F3NO2. The van der Waals surface area contributed by atoms with Gasteiger partial charge in [0.25, 0.3) is 0 Å². The minimum absolute atomic E-state index is 0.0346. The van der Waals surface area contributed by atoms with Crippen molar-refractivity contribution < 1.29 is 22.4 Å². The van der Waals surface area contributed by atoms with Crippen LogP contribution in [0.1, 0.15) is 25.4 Å². The van der Waals surface area contributed by atoms with Gasteiger partial charge in [-0.05, 0) is 26.0 Å². The van der Waals surface area contributed by atoms with Crippen LogP contribution in [0.5, 0.6) is 0 Å². The molecule has 0 atom stereocenters. The molecule has 1 aromatic heterocycles. The standard InChI is InChI=1S/C8H10F3NO2/c1-7(2,14-12)5-3-4-6(13-5)8(9,10)11/h3-4H,12H2,1-2H3. The van der Waals surface area contributed by atoms with Crippen LogP contribution in [0.3, 0.4) is 0 Å². The average Bonchev–Trinajstić information content (AvgIpc) is 2.51. The summed E-state index contributed by atoms with van der Waals surface area (Å²) >= 11 is 0. The van der Waals surface area contributed by atoms with Gasteiger partial charge in [0.15, 0.2) is 0 Å². The Morgan fingerprint density at radius 1 is 1.21 bits per heavy atom. The predicted molar refractivity (Wildman–Crippen MR) is 42.0 cm³/mol. The van der Waals surface area contributed by atoms with E-state index in [4.69, 9.17) is 5.90 Å². The van der Waals surface area contributed by atoms with Crippen LogP contribution in [-0.2, 0) is 16.6 Å². The second-order valence-electron chi connectivity index (χ2n) is 3.29. The molecule has 0 bridgehead atoms. The van der Waals surface area contributed by atoms with Crippen molar-refractivity contribution in [1.82, 2.24) is 0 Å². The molecule has 80 valence electrons. The molecule has 0 saturated heterocycles. The van der Waals surface area contributed by atoms with E-state index in [9.17, 15) is 13.2 Å². The SMILES string of the molecule is CC(C)(ON)c1ccc(C(F)(F)F)o1. The molecule has 14 heavy (non-hydrogen) atoms. The first-order valence-corrected chi connectivity index (χ1v) is 3.83. The Balaban J connectivity index is 3.00. The van der Waals surface area contributed by atoms with E-state index in [0.717, 1.165) is 6.07 Å². The van der Waals surface area contributed by atoms with Gasteiger partial charge < -0.3 is 4.42 Å². The average molecular weight is 209 g/mol. The van der Waals surface area contributed by atoms with E-state index in [0.29, 0.717) is 0 Å². The number of hydrogen-bond donors (Lipinski definition) is 1. The lowest BCUT2D eigenvalue weighted by atomic mass is 10.1. The molecule has 0 saturated carbocycles. The molecule has 0 aliphatic rings. The highest BCUT2D eigenvalue weighted by Crippen LogP contribution is 2.34. The summed E-state index contributed by atoms with van der Waals surface area (Å²) in [5, 5.41) is 0. The topological polar surface area (TPSA) is 48.4 Å². The second-order valence-corrected chi connectivity index (χ2v) is 3.29. The van der Waals surface area contributed by atoms with Crippen molar-refractivity contribution in [2.75, 3.05) is 0 Å². The molecule has 1 aromatic rings. The highest BCUT2D eigenvalue weighted by molar-refractivity contribution is 5.14. The third-order valence-corrected chi connectivity index (χ3v) is 1.77. The van der Waals surface area contributed by atoms with Gasteiger partial charge in [0.1, 0.15) is 11.4 Å². The number of furan rings is 1. The molecular weight excluding hydrogens is 199 g/mol. The van der Waals surface area contributed by atoms with E-state index < -0.39 is 17.5 Å². The third kappa shape index (κ3) is 2.08. The van der Waals surface area contributed by atoms with Gasteiger partial charge in [-0.2, -0.15) is 13.2 Å². The van der Waals surface area contributed by atoms with Crippen molar-refractivity contribution in [1.29, 1.82) is 0 Å². The molecule has 0 aliphatic heterocycles. The van der Waals surface area contributed by atoms with Crippen LogP contribution in [-0.4, -0.2) is 0 Å². The van der Waals surface area contributed by atoms with Crippen LogP contribution in [0.25, 0.3) is 0 Å². The summed E-state index contributed by atoms with van der Waals surface area (Å²) in [6, 6.07) is 2.03. The van der Waals surface area contributed by atoms with Gasteiger partial charge in [-0.1, -0.05) is 0 Å². The number of halogens is 3. The maximum absolute atomic E-state index is 12.1. The monoisotopic (exact) mass is 209 g/mol. The summed E-state index contributed by atoms with van der Waals surface area (Å²) < 4.78 is 41.0. The minimum atomic E-state index is -4.48. The minimum Gasteiger partial charge on any atom is -0.453 e. The van der Waals surface area contributed by atoms with Crippen LogP contribution >= 0.6 is 0 Å².